The van der Waals surface area contributed by atoms with E-state index >= 15 is 0 Å². The van der Waals surface area contributed by atoms with Crippen molar-refractivity contribution in [1.29, 1.82) is 0 Å². The Kier molecular flexibility index (Phi) is 5.19. The number of halogens is 2. The molecule has 0 saturated heterocycles. The van der Waals surface area contributed by atoms with Gasteiger partial charge in [-0.15, -0.1) is 0 Å². The number of hydrogen-bond acceptors (Lipinski definition) is 2. The zero-order chi connectivity index (χ0) is 12.0. The fourth-order valence-corrected chi connectivity index (χ4v) is 1.22. The molecule has 2 nitrogen and oxygen atoms in total. The Balaban J connectivity index is 2.29. The lowest BCUT2D eigenvalue weighted by Gasteiger charge is -2.09. The monoisotopic (exact) mass is 229 g/mol. The van der Waals surface area contributed by atoms with Crippen LogP contribution in [-0.2, 0) is 0 Å². The van der Waals surface area contributed by atoms with E-state index < -0.39 is 11.6 Å². The topological polar surface area (TPSA) is 21.3 Å². The van der Waals surface area contributed by atoms with Crippen LogP contribution in [0.2, 0.25) is 0 Å². The van der Waals surface area contributed by atoms with E-state index in [0.29, 0.717) is 19.1 Å². The number of benzene rings is 1. The van der Waals surface area contributed by atoms with E-state index in [4.69, 9.17) is 4.74 Å². The summed E-state index contributed by atoms with van der Waals surface area (Å²) in [6, 6.07) is 3.91. The fourth-order valence-electron chi connectivity index (χ4n) is 1.22. The summed E-state index contributed by atoms with van der Waals surface area (Å²) >= 11 is 0. The largest absolute Gasteiger partial charge is 0.489 e. The van der Waals surface area contributed by atoms with Crippen molar-refractivity contribution >= 4 is 0 Å². The molecule has 0 heterocycles. The second-order valence-corrected chi connectivity index (χ2v) is 4.00. The van der Waals surface area contributed by atoms with Gasteiger partial charge in [0, 0.05) is 6.54 Å². The van der Waals surface area contributed by atoms with Crippen LogP contribution in [0.5, 0.6) is 5.75 Å². The summed E-state index contributed by atoms with van der Waals surface area (Å²) < 4.78 is 31.0. The molecule has 16 heavy (non-hydrogen) atoms. The van der Waals surface area contributed by atoms with Gasteiger partial charge in [-0.25, -0.2) is 4.39 Å². The Morgan fingerprint density at radius 3 is 2.75 bits per heavy atom. The Bertz CT molecular complexity index is 329. The molecule has 0 fully saturated rings. The van der Waals surface area contributed by atoms with Crippen LogP contribution < -0.4 is 10.1 Å². The Hall–Kier alpha value is -1.16. The number of hydrogen-bond donors (Lipinski definition) is 1. The second kappa shape index (κ2) is 6.43. The van der Waals surface area contributed by atoms with Crippen molar-refractivity contribution in [2.45, 2.75) is 13.8 Å². The minimum absolute atomic E-state index is 0.0358. The van der Waals surface area contributed by atoms with Crippen molar-refractivity contribution in [2.24, 2.45) is 5.92 Å². The van der Waals surface area contributed by atoms with Gasteiger partial charge in [0.2, 0.25) is 5.82 Å². The first-order chi connectivity index (χ1) is 7.61. The van der Waals surface area contributed by atoms with Crippen molar-refractivity contribution in [3.8, 4) is 5.75 Å². The average molecular weight is 229 g/mol. The summed E-state index contributed by atoms with van der Waals surface area (Å²) in [5.74, 6) is -1.28. The van der Waals surface area contributed by atoms with Gasteiger partial charge < -0.3 is 10.1 Å². The summed E-state index contributed by atoms with van der Waals surface area (Å²) in [6.07, 6.45) is 0. The molecule has 0 bridgehead atoms. The molecule has 0 unspecified atom stereocenters. The van der Waals surface area contributed by atoms with Crippen LogP contribution in [0.1, 0.15) is 13.8 Å². The zero-order valence-electron chi connectivity index (χ0n) is 9.59. The van der Waals surface area contributed by atoms with E-state index in [1.165, 1.54) is 12.1 Å². The maximum absolute atomic E-state index is 13.1. The molecule has 4 heteroatoms. The molecule has 0 aliphatic rings. The van der Waals surface area contributed by atoms with E-state index in [0.717, 1.165) is 12.6 Å². The molecular weight excluding hydrogens is 212 g/mol. The first kappa shape index (κ1) is 12.9. The van der Waals surface area contributed by atoms with Gasteiger partial charge in [0.25, 0.3) is 0 Å². The predicted molar refractivity (Wildman–Crippen MR) is 59.6 cm³/mol. The van der Waals surface area contributed by atoms with Crippen molar-refractivity contribution in [3.05, 3.63) is 29.8 Å². The van der Waals surface area contributed by atoms with Crippen LogP contribution in [0.15, 0.2) is 18.2 Å². The lowest BCUT2D eigenvalue weighted by atomic mass is 10.2. The van der Waals surface area contributed by atoms with Gasteiger partial charge in [-0.3, -0.25) is 0 Å². The first-order valence-corrected chi connectivity index (χ1v) is 5.38. The van der Waals surface area contributed by atoms with Gasteiger partial charge in [0.05, 0.1) is 0 Å². The van der Waals surface area contributed by atoms with Crippen molar-refractivity contribution < 1.29 is 13.5 Å². The third-order valence-corrected chi connectivity index (χ3v) is 2.01. The minimum Gasteiger partial charge on any atom is -0.489 e. The highest BCUT2D eigenvalue weighted by Gasteiger charge is 2.07. The molecule has 0 aliphatic carbocycles. The second-order valence-electron chi connectivity index (χ2n) is 4.00. The lowest BCUT2D eigenvalue weighted by Crippen LogP contribution is -2.25. The van der Waals surface area contributed by atoms with Crippen LogP contribution in [0.3, 0.4) is 0 Å². The van der Waals surface area contributed by atoms with Crippen molar-refractivity contribution in [1.82, 2.24) is 5.32 Å². The minimum atomic E-state index is -0.925. The molecule has 1 aromatic carbocycles. The third kappa shape index (κ3) is 4.14. The van der Waals surface area contributed by atoms with E-state index in [-0.39, 0.29) is 5.75 Å². The Labute approximate surface area is 94.6 Å². The smallest absolute Gasteiger partial charge is 0.200 e. The molecule has 0 amide bonds. The molecule has 0 saturated carbocycles. The molecule has 90 valence electrons. The van der Waals surface area contributed by atoms with Crippen molar-refractivity contribution in [3.63, 3.8) is 0 Å². The third-order valence-electron chi connectivity index (χ3n) is 2.01. The van der Waals surface area contributed by atoms with Gasteiger partial charge in [-0.2, -0.15) is 4.39 Å². The standard InChI is InChI=1S/C12H17F2NO/c1-9(2)8-15-6-7-16-11-5-3-4-10(13)12(11)14/h3-5,9,15H,6-8H2,1-2H3. The number of ether oxygens (including phenoxy) is 1. The van der Waals surface area contributed by atoms with Crippen LogP contribution >= 0.6 is 0 Å². The van der Waals surface area contributed by atoms with Gasteiger partial charge in [0.1, 0.15) is 6.61 Å². The maximum atomic E-state index is 13.1. The number of rotatable bonds is 6. The van der Waals surface area contributed by atoms with Crippen LogP contribution in [0, 0.1) is 17.6 Å². The molecule has 0 atom stereocenters. The molecule has 1 rings (SSSR count). The molecule has 0 spiro atoms. The van der Waals surface area contributed by atoms with Crippen molar-refractivity contribution in [2.75, 3.05) is 19.7 Å². The van der Waals surface area contributed by atoms with Gasteiger partial charge >= 0.3 is 0 Å². The molecule has 1 aromatic rings. The quantitative estimate of drug-likeness (QED) is 0.757. The van der Waals surface area contributed by atoms with E-state index in [9.17, 15) is 8.78 Å². The molecule has 0 radical (unpaired) electrons. The lowest BCUT2D eigenvalue weighted by molar-refractivity contribution is 0.291. The average Bonchev–Trinajstić information content (AvgIpc) is 2.23. The molecule has 0 aliphatic heterocycles. The normalized spacial score (nSPS) is 10.8. The van der Waals surface area contributed by atoms with Crippen LogP contribution in [0.4, 0.5) is 8.78 Å². The maximum Gasteiger partial charge on any atom is 0.200 e. The first-order valence-electron chi connectivity index (χ1n) is 5.38. The Morgan fingerprint density at radius 2 is 2.06 bits per heavy atom. The van der Waals surface area contributed by atoms with E-state index in [2.05, 4.69) is 19.2 Å². The van der Waals surface area contributed by atoms with E-state index in [1.54, 1.807) is 0 Å². The SMILES string of the molecule is CC(C)CNCCOc1cccc(F)c1F. The summed E-state index contributed by atoms with van der Waals surface area (Å²) in [5, 5.41) is 3.15. The summed E-state index contributed by atoms with van der Waals surface area (Å²) in [4.78, 5) is 0. The fraction of sp³-hybridized carbons (Fsp3) is 0.500. The van der Waals surface area contributed by atoms with Gasteiger partial charge in [0.15, 0.2) is 11.6 Å². The van der Waals surface area contributed by atoms with E-state index in [1.807, 2.05) is 0 Å². The highest BCUT2D eigenvalue weighted by molar-refractivity contribution is 5.24. The highest BCUT2D eigenvalue weighted by Crippen LogP contribution is 2.18. The zero-order valence-corrected chi connectivity index (χ0v) is 9.59. The van der Waals surface area contributed by atoms with Gasteiger partial charge in [-0.05, 0) is 24.6 Å². The molecular formula is C12H17F2NO. The molecule has 1 N–H and O–H groups in total. The summed E-state index contributed by atoms with van der Waals surface area (Å²) in [5.41, 5.74) is 0. The summed E-state index contributed by atoms with van der Waals surface area (Å²) in [7, 11) is 0. The highest BCUT2D eigenvalue weighted by atomic mass is 19.2. The van der Waals surface area contributed by atoms with Crippen LogP contribution in [-0.4, -0.2) is 19.7 Å². The summed E-state index contributed by atoms with van der Waals surface area (Å²) in [6.45, 7) is 6.02. The molecule has 0 aromatic heterocycles. The van der Waals surface area contributed by atoms with Gasteiger partial charge in [-0.1, -0.05) is 19.9 Å². The number of nitrogens with one attached hydrogen (secondary N) is 1. The Morgan fingerprint density at radius 1 is 1.31 bits per heavy atom. The van der Waals surface area contributed by atoms with Crippen LogP contribution in [0.25, 0.3) is 0 Å². The predicted octanol–water partition coefficient (Wildman–Crippen LogP) is 2.59.